The van der Waals surface area contributed by atoms with Crippen molar-refractivity contribution in [3.05, 3.63) is 85.5 Å². The van der Waals surface area contributed by atoms with E-state index in [1.807, 2.05) is 60.7 Å². The lowest BCUT2D eigenvalue weighted by Gasteiger charge is -2.20. The van der Waals surface area contributed by atoms with Crippen molar-refractivity contribution < 1.29 is 9.59 Å². The first-order valence-electron chi connectivity index (χ1n) is 9.02. The maximum absolute atomic E-state index is 12.5. The summed E-state index contributed by atoms with van der Waals surface area (Å²) in [4.78, 5) is 42.4. The molecule has 146 valence electrons. The maximum atomic E-state index is 12.5. The summed E-state index contributed by atoms with van der Waals surface area (Å²) < 4.78 is 0. The summed E-state index contributed by atoms with van der Waals surface area (Å²) >= 11 is 0. The number of carbonyl (C=O) groups excluding carboxylic acids is 2. The Morgan fingerprint density at radius 2 is 1.00 bits per heavy atom. The molecule has 2 aromatic heterocycles. The van der Waals surface area contributed by atoms with Gasteiger partial charge in [0.05, 0.1) is 36.2 Å². The van der Waals surface area contributed by atoms with Gasteiger partial charge in [-0.2, -0.15) is 0 Å². The summed E-state index contributed by atoms with van der Waals surface area (Å²) in [7, 11) is 0. The maximum Gasteiger partial charge on any atom is 0.320 e. The molecule has 0 unspecified atom stereocenters. The molecule has 0 saturated heterocycles. The molecule has 8 nitrogen and oxygen atoms in total. The van der Waals surface area contributed by atoms with Gasteiger partial charge in [-0.25, -0.2) is 19.9 Å². The third-order valence-electron chi connectivity index (χ3n) is 4.27. The molecule has 2 aromatic carbocycles. The normalized spacial score (nSPS) is 10.4. The monoisotopic (exact) mass is 396 g/mol. The van der Waals surface area contributed by atoms with E-state index in [2.05, 4.69) is 19.9 Å². The van der Waals surface area contributed by atoms with E-state index in [4.69, 9.17) is 5.73 Å². The average molecular weight is 396 g/mol. The van der Waals surface area contributed by atoms with E-state index in [0.29, 0.717) is 11.6 Å². The highest BCUT2D eigenvalue weighted by Crippen LogP contribution is 2.26. The molecule has 0 bridgehead atoms. The summed E-state index contributed by atoms with van der Waals surface area (Å²) in [6.07, 6.45) is 5.78. The third kappa shape index (κ3) is 3.88. The Bertz CT molecular complexity index is 1080. The van der Waals surface area contributed by atoms with Gasteiger partial charge in [-0.05, 0) is 0 Å². The fourth-order valence-electron chi connectivity index (χ4n) is 2.84. The number of nitrogens with two attached hydrogens (primary N) is 1. The molecule has 0 radical (unpaired) electrons. The van der Waals surface area contributed by atoms with E-state index in [1.54, 1.807) is 0 Å². The summed E-state index contributed by atoms with van der Waals surface area (Å²) in [6.45, 7) is 0. The fourth-order valence-corrected chi connectivity index (χ4v) is 2.84. The number of carbonyl (C=O) groups is 2. The number of amides is 2. The summed E-state index contributed by atoms with van der Waals surface area (Å²) in [5.41, 5.74) is 7.44. The Morgan fingerprint density at radius 1 is 0.633 bits per heavy atom. The molecule has 4 aromatic rings. The first-order chi connectivity index (χ1) is 14.6. The molecule has 2 N–H and O–H groups in total. The van der Waals surface area contributed by atoms with Crippen molar-refractivity contribution in [2.24, 2.45) is 5.73 Å². The zero-order valence-corrected chi connectivity index (χ0v) is 15.7. The molecule has 8 heteroatoms. The summed E-state index contributed by atoms with van der Waals surface area (Å²) in [6, 6.07) is 18.8. The van der Waals surface area contributed by atoms with Crippen molar-refractivity contribution in [3.8, 4) is 22.8 Å². The van der Waals surface area contributed by atoms with E-state index in [-0.39, 0.29) is 11.4 Å². The molecule has 0 saturated carbocycles. The number of anilines is 2. The number of nitrogens with zero attached hydrogens (tertiary/aromatic N) is 5. The van der Waals surface area contributed by atoms with Crippen molar-refractivity contribution in [3.63, 3.8) is 0 Å². The van der Waals surface area contributed by atoms with E-state index in [0.717, 1.165) is 16.0 Å². The number of primary amides is 1. The molecule has 2 amide bonds. The minimum Gasteiger partial charge on any atom is -0.361 e. The SMILES string of the molecule is NC(=O)C(=O)N(c1cnc(-c2ccccc2)nc1)c1cnc(-c2ccccc2)nc1. The Balaban J connectivity index is 1.69. The van der Waals surface area contributed by atoms with E-state index in [9.17, 15) is 9.59 Å². The minimum atomic E-state index is -1.12. The second-order valence-corrected chi connectivity index (χ2v) is 6.27. The molecule has 0 fully saturated rings. The van der Waals surface area contributed by atoms with E-state index < -0.39 is 11.8 Å². The molecule has 0 aliphatic carbocycles. The molecule has 4 rings (SSSR count). The molecular formula is C22H16N6O2. The Hall–Kier alpha value is -4.46. The Kier molecular flexibility index (Phi) is 5.21. The average Bonchev–Trinajstić information content (AvgIpc) is 2.81. The second-order valence-electron chi connectivity index (χ2n) is 6.27. The Labute approximate surface area is 172 Å². The van der Waals surface area contributed by atoms with Crippen LogP contribution in [0.3, 0.4) is 0 Å². The van der Waals surface area contributed by atoms with Crippen LogP contribution in [0.2, 0.25) is 0 Å². The van der Waals surface area contributed by atoms with Crippen molar-refractivity contribution in [1.82, 2.24) is 19.9 Å². The highest BCUT2D eigenvalue weighted by molar-refractivity contribution is 6.41. The van der Waals surface area contributed by atoms with Gasteiger partial charge in [0.1, 0.15) is 0 Å². The van der Waals surface area contributed by atoms with Gasteiger partial charge in [0.15, 0.2) is 11.6 Å². The predicted molar refractivity (Wildman–Crippen MR) is 111 cm³/mol. The van der Waals surface area contributed by atoms with Crippen molar-refractivity contribution in [2.45, 2.75) is 0 Å². The number of aromatic nitrogens is 4. The predicted octanol–water partition coefficient (Wildman–Crippen LogP) is 2.75. The number of benzene rings is 2. The summed E-state index contributed by atoms with van der Waals surface area (Å²) in [5, 5.41) is 0. The first-order valence-corrected chi connectivity index (χ1v) is 9.02. The van der Waals surface area contributed by atoms with Gasteiger partial charge in [0.25, 0.3) is 0 Å². The van der Waals surface area contributed by atoms with Crippen molar-refractivity contribution >= 4 is 23.2 Å². The minimum absolute atomic E-state index is 0.273. The third-order valence-corrected chi connectivity index (χ3v) is 4.27. The molecule has 0 aliphatic rings. The number of hydrogen-bond acceptors (Lipinski definition) is 6. The van der Waals surface area contributed by atoms with Crippen LogP contribution >= 0.6 is 0 Å². The fraction of sp³-hybridized carbons (Fsp3) is 0. The molecule has 30 heavy (non-hydrogen) atoms. The number of hydrogen-bond donors (Lipinski definition) is 1. The summed E-state index contributed by atoms with van der Waals surface area (Å²) in [5.74, 6) is -1.08. The quantitative estimate of drug-likeness (QED) is 0.531. The van der Waals surface area contributed by atoms with Crippen molar-refractivity contribution in [1.29, 1.82) is 0 Å². The smallest absolute Gasteiger partial charge is 0.320 e. The van der Waals surface area contributed by atoms with Gasteiger partial charge < -0.3 is 5.73 Å². The number of rotatable bonds is 4. The first kappa shape index (κ1) is 18.9. The standard InChI is InChI=1S/C22H16N6O2/c23-19(29)22(30)28(17-11-24-20(25-12-17)15-7-3-1-4-8-15)18-13-26-21(27-14-18)16-9-5-2-6-10-16/h1-14H,(H2,23,29). The van der Waals surface area contributed by atoms with Crippen LogP contribution in [0, 0.1) is 0 Å². The Morgan fingerprint density at radius 3 is 1.33 bits per heavy atom. The van der Waals surface area contributed by atoms with Crippen LogP contribution in [0.4, 0.5) is 11.4 Å². The van der Waals surface area contributed by atoms with Crippen molar-refractivity contribution in [2.75, 3.05) is 4.90 Å². The zero-order chi connectivity index (χ0) is 20.9. The molecule has 0 spiro atoms. The lowest BCUT2D eigenvalue weighted by atomic mass is 10.2. The lowest BCUT2D eigenvalue weighted by Crippen LogP contribution is -2.37. The topological polar surface area (TPSA) is 115 Å². The van der Waals surface area contributed by atoms with E-state index >= 15 is 0 Å². The second kappa shape index (κ2) is 8.27. The van der Waals surface area contributed by atoms with E-state index in [1.165, 1.54) is 24.8 Å². The highest BCUT2D eigenvalue weighted by atomic mass is 16.2. The highest BCUT2D eigenvalue weighted by Gasteiger charge is 2.24. The lowest BCUT2D eigenvalue weighted by molar-refractivity contribution is -0.135. The van der Waals surface area contributed by atoms with Gasteiger partial charge in [0, 0.05) is 11.1 Å². The van der Waals surface area contributed by atoms with Gasteiger partial charge in [-0.15, -0.1) is 0 Å². The van der Waals surface area contributed by atoms with Crippen LogP contribution in [-0.4, -0.2) is 31.8 Å². The molecule has 2 heterocycles. The van der Waals surface area contributed by atoms with Crippen LogP contribution in [0.1, 0.15) is 0 Å². The van der Waals surface area contributed by atoms with Crippen LogP contribution in [-0.2, 0) is 9.59 Å². The van der Waals surface area contributed by atoms with Crippen LogP contribution in [0.25, 0.3) is 22.8 Å². The van der Waals surface area contributed by atoms with Crippen LogP contribution < -0.4 is 10.6 Å². The molecule has 0 aliphatic heterocycles. The van der Waals surface area contributed by atoms with Gasteiger partial charge in [-0.1, -0.05) is 60.7 Å². The van der Waals surface area contributed by atoms with Crippen LogP contribution in [0.5, 0.6) is 0 Å². The van der Waals surface area contributed by atoms with Gasteiger partial charge in [0.2, 0.25) is 0 Å². The molecular weight excluding hydrogens is 380 g/mol. The van der Waals surface area contributed by atoms with Crippen LogP contribution in [0.15, 0.2) is 85.5 Å². The zero-order valence-electron chi connectivity index (χ0n) is 15.7. The largest absolute Gasteiger partial charge is 0.361 e. The molecule has 0 atom stereocenters. The van der Waals surface area contributed by atoms with Gasteiger partial charge >= 0.3 is 11.8 Å². The van der Waals surface area contributed by atoms with Gasteiger partial charge in [-0.3, -0.25) is 14.5 Å².